The highest BCUT2D eigenvalue weighted by Gasteiger charge is 2.02. The van der Waals surface area contributed by atoms with Crippen LogP contribution < -0.4 is 0 Å². The second-order valence-corrected chi connectivity index (χ2v) is 3.63. The van der Waals surface area contributed by atoms with Gasteiger partial charge >= 0.3 is 0 Å². The summed E-state index contributed by atoms with van der Waals surface area (Å²) in [6.07, 6.45) is 0. The molecule has 1 aromatic rings. The Bertz CT molecular complexity index is 265. The minimum Gasteiger partial charge on any atom is -0.207 e. The lowest BCUT2D eigenvalue weighted by Gasteiger charge is -2.00. The molecule has 0 radical (unpaired) electrons. The molecule has 0 aromatic heterocycles. The molecule has 0 aliphatic carbocycles. The number of benzene rings is 1. The van der Waals surface area contributed by atoms with E-state index in [2.05, 4.69) is 0 Å². The van der Waals surface area contributed by atoms with Crippen molar-refractivity contribution in [2.75, 3.05) is 11.6 Å². The lowest BCUT2D eigenvalue weighted by atomic mass is 10.3. The molecule has 1 rings (SSSR count). The third kappa shape index (κ3) is 2.64. The van der Waals surface area contributed by atoms with Crippen LogP contribution in [0.4, 0.5) is 8.78 Å². The third-order valence-corrected chi connectivity index (χ3v) is 2.69. The van der Waals surface area contributed by atoms with Crippen LogP contribution >= 0.6 is 23.4 Å². The molecule has 0 nitrogen and oxygen atoms in total. The Labute approximate surface area is 78.9 Å². The van der Waals surface area contributed by atoms with Crippen molar-refractivity contribution in [3.05, 3.63) is 29.8 Å². The van der Waals surface area contributed by atoms with Crippen LogP contribution in [0.3, 0.4) is 0 Å². The Hall–Kier alpha value is -0.280. The van der Waals surface area contributed by atoms with E-state index in [0.717, 1.165) is 6.07 Å². The van der Waals surface area contributed by atoms with Crippen LogP contribution in [0.15, 0.2) is 23.1 Å². The van der Waals surface area contributed by atoms with Crippen LogP contribution in [0.5, 0.6) is 0 Å². The summed E-state index contributed by atoms with van der Waals surface area (Å²) >= 11 is 6.70. The van der Waals surface area contributed by atoms with E-state index in [1.54, 1.807) is 0 Å². The fourth-order valence-electron chi connectivity index (χ4n) is 0.741. The van der Waals surface area contributed by atoms with Gasteiger partial charge in [0.15, 0.2) is 0 Å². The van der Waals surface area contributed by atoms with Crippen LogP contribution in [0.2, 0.25) is 0 Å². The molecule has 0 saturated carbocycles. The minimum absolute atomic E-state index is 0.442. The second kappa shape index (κ2) is 4.67. The van der Waals surface area contributed by atoms with Gasteiger partial charge in [-0.1, -0.05) is 0 Å². The van der Waals surface area contributed by atoms with Crippen LogP contribution in [0, 0.1) is 11.6 Å². The number of hydrogen-bond acceptors (Lipinski definition) is 1. The Balaban J connectivity index is 2.72. The molecule has 0 aliphatic rings. The SMILES string of the molecule is Fc1ccc(SCCCl)c(F)c1. The Morgan fingerprint density at radius 3 is 2.67 bits per heavy atom. The molecule has 0 amide bonds. The van der Waals surface area contributed by atoms with Crippen molar-refractivity contribution in [1.29, 1.82) is 0 Å². The molecule has 0 spiro atoms. The Morgan fingerprint density at radius 2 is 2.08 bits per heavy atom. The molecular weight excluding hydrogens is 202 g/mol. The summed E-state index contributed by atoms with van der Waals surface area (Å²) in [6.45, 7) is 0. The average Bonchev–Trinajstić information content (AvgIpc) is 2.03. The van der Waals surface area contributed by atoms with Crippen LogP contribution in [0.1, 0.15) is 0 Å². The highest BCUT2D eigenvalue weighted by Crippen LogP contribution is 2.22. The molecule has 4 heteroatoms. The minimum atomic E-state index is -0.553. The van der Waals surface area contributed by atoms with Gasteiger partial charge in [0.05, 0.1) is 0 Å². The summed E-state index contributed by atoms with van der Waals surface area (Å²) in [7, 11) is 0. The maximum Gasteiger partial charge on any atom is 0.139 e. The first kappa shape index (κ1) is 9.81. The van der Waals surface area contributed by atoms with E-state index in [1.807, 2.05) is 0 Å². The first-order chi connectivity index (χ1) is 5.74. The van der Waals surface area contributed by atoms with E-state index in [4.69, 9.17) is 11.6 Å². The van der Waals surface area contributed by atoms with Gasteiger partial charge < -0.3 is 0 Å². The van der Waals surface area contributed by atoms with Gasteiger partial charge in [-0.2, -0.15) is 0 Å². The monoisotopic (exact) mass is 208 g/mol. The van der Waals surface area contributed by atoms with E-state index in [0.29, 0.717) is 16.5 Å². The molecule has 0 N–H and O–H groups in total. The normalized spacial score (nSPS) is 10.2. The van der Waals surface area contributed by atoms with E-state index in [9.17, 15) is 8.78 Å². The first-order valence-electron chi connectivity index (χ1n) is 3.38. The molecule has 0 bridgehead atoms. The molecule has 0 unspecified atom stereocenters. The molecule has 0 aliphatic heterocycles. The second-order valence-electron chi connectivity index (χ2n) is 2.11. The molecule has 0 saturated heterocycles. The summed E-state index contributed by atoms with van der Waals surface area (Å²) in [5.41, 5.74) is 0. The molecule has 66 valence electrons. The van der Waals surface area contributed by atoms with Crippen molar-refractivity contribution >= 4 is 23.4 Å². The van der Waals surface area contributed by atoms with Gasteiger partial charge in [0.1, 0.15) is 11.6 Å². The highest BCUT2D eigenvalue weighted by molar-refractivity contribution is 7.99. The van der Waals surface area contributed by atoms with Crippen molar-refractivity contribution in [2.45, 2.75) is 4.90 Å². The molecule has 12 heavy (non-hydrogen) atoms. The Kier molecular flexibility index (Phi) is 3.82. The average molecular weight is 209 g/mol. The molecule has 0 atom stereocenters. The van der Waals surface area contributed by atoms with Crippen LogP contribution in [-0.2, 0) is 0 Å². The van der Waals surface area contributed by atoms with Crippen molar-refractivity contribution in [3.8, 4) is 0 Å². The van der Waals surface area contributed by atoms with Gasteiger partial charge in [-0.25, -0.2) is 8.78 Å². The van der Waals surface area contributed by atoms with Crippen molar-refractivity contribution in [3.63, 3.8) is 0 Å². The quantitative estimate of drug-likeness (QED) is 0.543. The van der Waals surface area contributed by atoms with Crippen molar-refractivity contribution in [2.24, 2.45) is 0 Å². The summed E-state index contributed by atoms with van der Waals surface area (Å²) in [4.78, 5) is 0.442. The smallest absolute Gasteiger partial charge is 0.139 e. The molecule has 0 fully saturated rings. The first-order valence-corrected chi connectivity index (χ1v) is 4.90. The zero-order valence-corrected chi connectivity index (χ0v) is 7.76. The van der Waals surface area contributed by atoms with Crippen LogP contribution in [-0.4, -0.2) is 11.6 Å². The predicted molar refractivity (Wildman–Crippen MR) is 47.8 cm³/mol. The third-order valence-electron chi connectivity index (χ3n) is 1.23. The number of halogens is 3. The van der Waals surface area contributed by atoms with Crippen LogP contribution in [0.25, 0.3) is 0 Å². The fourth-order valence-corrected chi connectivity index (χ4v) is 1.63. The topological polar surface area (TPSA) is 0 Å². The number of rotatable bonds is 3. The fraction of sp³-hybridized carbons (Fsp3) is 0.250. The van der Waals surface area contributed by atoms with E-state index < -0.39 is 11.6 Å². The zero-order valence-electron chi connectivity index (χ0n) is 6.19. The molecule has 0 heterocycles. The maximum atomic E-state index is 12.9. The van der Waals surface area contributed by atoms with Gasteiger partial charge in [-0.05, 0) is 12.1 Å². The van der Waals surface area contributed by atoms with E-state index in [-0.39, 0.29) is 0 Å². The number of thioether (sulfide) groups is 1. The highest BCUT2D eigenvalue weighted by atomic mass is 35.5. The standard InChI is InChI=1S/C8H7ClF2S/c9-3-4-12-8-2-1-6(10)5-7(8)11/h1-2,5H,3-4H2. The molecule has 1 aromatic carbocycles. The van der Waals surface area contributed by atoms with E-state index >= 15 is 0 Å². The van der Waals surface area contributed by atoms with Gasteiger partial charge in [0.2, 0.25) is 0 Å². The summed E-state index contributed by atoms with van der Waals surface area (Å²) in [6, 6.07) is 3.53. The Morgan fingerprint density at radius 1 is 1.33 bits per heavy atom. The van der Waals surface area contributed by atoms with Gasteiger partial charge in [0, 0.05) is 22.6 Å². The summed E-state index contributed by atoms with van der Waals surface area (Å²) < 4.78 is 25.3. The zero-order chi connectivity index (χ0) is 8.97. The lowest BCUT2D eigenvalue weighted by Crippen LogP contribution is -1.85. The lowest BCUT2D eigenvalue weighted by molar-refractivity contribution is 0.566. The van der Waals surface area contributed by atoms with E-state index in [1.165, 1.54) is 23.9 Å². The van der Waals surface area contributed by atoms with Gasteiger partial charge in [-0.3, -0.25) is 0 Å². The van der Waals surface area contributed by atoms with Gasteiger partial charge in [0.25, 0.3) is 0 Å². The summed E-state index contributed by atoms with van der Waals surface area (Å²) in [5.74, 6) is 0.0128. The van der Waals surface area contributed by atoms with Gasteiger partial charge in [-0.15, -0.1) is 23.4 Å². The summed E-state index contributed by atoms with van der Waals surface area (Å²) in [5, 5.41) is 0. The molecular formula is C8H7ClF2S. The maximum absolute atomic E-state index is 12.9. The number of alkyl halides is 1. The van der Waals surface area contributed by atoms with Crippen molar-refractivity contribution < 1.29 is 8.78 Å². The predicted octanol–water partition coefficient (Wildman–Crippen LogP) is 3.30. The number of hydrogen-bond donors (Lipinski definition) is 0. The largest absolute Gasteiger partial charge is 0.207 e. The van der Waals surface area contributed by atoms with Crippen molar-refractivity contribution in [1.82, 2.24) is 0 Å².